The van der Waals surface area contributed by atoms with Gasteiger partial charge in [0.05, 0.1) is 0 Å². The Kier molecular flexibility index (Phi) is 4.98. The first-order valence-corrected chi connectivity index (χ1v) is 8.51. The van der Waals surface area contributed by atoms with Crippen LogP contribution in [0.5, 0.6) is 0 Å². The highest BCUT2D eigenvalue weighted by atomic mass is 16.1. The summed E-state index contributed by atoms with van der Waals surface area (Å²) in [5.74, 6) is 1.37. The van der Waals surface area contributed by atoms with Crippen molar-refractivity contribution in [3.8, 4) is 0 Å². The van der Waals surface area contributed by atoms with Crippen LogP contribution in [0.15, 0.2) is 60.9 Å². The van der Waals surface area contributed by atoms with Crippen molar-refractivity contribution in [3.05, 3.63) is 83.4 Å². The van der Waals surface area contributed by atoms with E-state index < -0.39 is 0 Å². The number of aryl methyl sites for hydroxylation is 1. The van der Waals surface area contributed by atoms with E-state index in [-0.39, 0.29) is 5.91 Å². The molecule has 0 unspecified atom stereocenters. The molecule has 3 rings (SSSR count). The molecule has 0 saturated carbocycles. The summed E-state index contributed by atoms with van der Waals surface area (Å²) in [6, 6.07) is 15.7. The van der Waals surface area contributed by atoms with Gasteiger partial charge in [-0.3, -0.25) is 4.79 Å². The lowest BCUT2D eigenvalue weighted by Crippen LogP contribution is -2.12. The van der Waals surface area contributed by atoms with E-state index >= 15 is 0 Å². The molecule has 0 atom stereocenters. The molecule has 0 saturated heterocycles. The van der Waals surface area contributed by atoms with Gasteiger partial charge in [-0.15, -0.1) is 0 Å². The molecule has 2 aromatic carbocycles. The molecule has 0 aliphatic carbocycles. The van der Waals surface area contributed by atoms with Crippen molar-refractivity contribution in [3.63, 3.8) is 0 Å². The lowest BCUT2D eigenvalue weighted by atomic mass is 10.0. The molecule has 0 aliphatic rings. The molecule has 1 aromatic heterocycles. The minimum atomic E-state index is -0.0948. The standard InChI is InChI=1S/C21H23N3O/c1-15(2)18-8-10-20(11-9-18)23-21(25)19-6-4-17(5-7-19)14-24-13-12-22-16(24)3/h4-13,15H,14H2,1-3H3,(H,23,25). The Morgan fingerprint density at radius 2 is 1.76 bits per heavy atom. The zero-order chi connectivity index (χ0) is 17.8. The zero-order valence-corrected chi connectivity index (χ0v) is 14.9. The fraction of sp³-hybridized carbons (Fsp3) is 0.238. The first kappa shape index (κ1) is 17.0. The monoisotopic (exact) mass is 333 g/mol. The van der Waals surface area contributed by atoms with Gasteiger partial charge in [-0.05, 0) is 48.2 Å². The number of nitrogens with one attached hydrogen (secondary N) is 1. The summed E-state index contributed by atoms with van der Waals surface area (Å²) in [6.45, 7) is 7.04. The van der Waals surface area contributed by atoms with Crippen LogP contribution in [0.1, 0.15) is 47.1 Å². The van der Waals surface area contributed by atoms with Crippen LogP contribution < -0.4 is 5.32 Å². The van der Waals surface area contributed by atoms with Crippen LogP contribution in [-0.2, 0) is 6.54 Å². The van der Waals surface area contributed by atoms with Crippen molar-refractivity contribution in [1.29, 1.82) is 0 Å². The molecule has 3 aromatic rings. The maximum absolute atomic E-state index is 12.4. The van der Waals surface area contributed by atoms with E-state index in [0.29, 0.717) is 11.5 Å². The third kappa shape index (κ3) is 4.15. The van der Waals surface area contributed by atoms with E-state index in [2.05, 4.69) is 40.8 Å². The van der Waals surface area contributed by atoms with Crippen LogP contribution in [0, 0.1) is 6.92 Å². The number of benzene rings is 2. The maximum atomic E-state index is 12.4. The van der Waals surface area contributed by atoms with Crippen LogP contribution in [0.4, 0.5) is 5.69 Å². The van der Waals surface area contributed by atoms with Gasteiger partial charge in [0.1, 0.15) is 5.82 Å². The number of rotatable bonds is 5. The van der Waals surface area contributed by atoms with Crippen molar-refractivity contribution >= 4 is 11.6 Å². The van der Waals surface area contributed by atoms with Gasteiger partial charge in [0, 0.05) is 30.2 Å². The summed E-state index contributed by atoms with van der Waals surface area (Å²) in [6.07, 6.45) is 3.75. The number of nitrogens with zero attached hydrogens (tertiary/aromatic N) is 2. The molecule has 0 aliphatic heterocycles. The number of carbonyl (C=O) groups is 1. The van der Waals surface area contributed by atoms with Crippen LogP contribution in [0.2, 0.25) is 0 Å². The topological polar surface area (TPSA) is 46.9 Å². The number of imidazole rings is 1. The Bertz CT molecular complexity index is 846. The Morgan fingerprint density at radius 3 is 2.32 bits per heavy atom. The normalized spacial score (nSPS) is 10.9. The van der Waals surface area contributed by atoms with Crippen molar-refractivity contribution in [2.45, 2.75) is 33.2 Å². The fourth-order valence-electron chi connectivity index (χ4n) is 2.68. The molecule has 128 valence electrons. The molecule has 25 heavy (non-hydrogen) atoms. The van der Waals surface area contributed by atoms with E-state index in [4.69, 9.17) is 0 Å². The second-order valence-electron chi connectivity index (χ2n) is 6.53. The van der Waals surface area contributed by atoms with Gasteiger partial charge in [-0.1, -0.05) is 38.1 Å². The smallest absolute Gasteiger partial charge is 0.255 e. The average molecular weight is 333 g/mol. The summed E-state index contributed by atoms with van der Waals surface area (Å²) in [4.78, 5) is 16.6. The SMILES string of the molecule is Cc1nccn1Cc1ccc(C(=O)Nc2ccc(C(C)C)cc2)cc1. The first-order chi connectivity index (χ1) is 12.0. The van der Waals surface area contributed by atoms with Crippen LogP contribution in [0.3, 0.4) is 0 Å². The minimum Gasteiger partial charge on any atom is -0.331 e. The highest BCUT2D eigenvalue weighted by Gasteiger charge is 2.07. The predicted octanol–water partition coefficient (Wildman–Crippen LogP) is 4.62. The predicted molar refractivity (Wildman–Crippen MR) is 101 cm³/mol. The second-order valence-corrected chi connectivity index (χ2v) is 6.53. The van der Waals surface area contributed by atoms with E-state index in [1.165, 1.54) is 5.56 Å². The number of carbonyl (C=O) groups excluding carboxylic acids is 1. The molecular weight excluding hydrogens is 310 g/mol. The van der Waals surface area contributed by atoms with Gasteiger partial charge in [0.2, 0.25) is 0 Å². The lowest BCUT2D eigenvalue weighted by molar-refractivity contribution is 0.102. The fourth-order valence-corrected chi connectivity index (χ4v) is 2.68. The minimum absolute atomic E-state index is 0.0948. The molecule has 0 fully saturated rings. The van der Waals surface area contributed by atoms with E-state index in [0.717, 1.165) is 23.6 Å². The number of hydrogen-bond acceptors (Lipinski definition) is 2. The molecule has 1 amide bonds. The van der Waals surface area contributed by atoms with E-state index in [1.807, 2.05) is 49.5 Å². The molecule has 0 radical (unpaired) electrons. The summed E-state index contributed by atoms with van der Waals surface area (Å²) in [7, 11) is 0. The summed E-state index contributed by atoms with van der Waals surface area (Å²) >= 11 is 0. The number of anilines is 1. The first-order valence-electron chi connectivity index (χ1n) is 8.51. The molecule has 0 bridgehead atoms. The third-order valence-electron chi connectivity index (χ3n) is 4.33. The highest BCUT2D eigenvalue weighted by molar-refractivity contribution is 6.04. The number of hydrogen-bond donors (Lipinski definition) is 1. The van der Waals surface area contributed by atoms with Gasteiger partial charge in [0.25, 0.3) is 5.91 Å². The van der Waals surface area contributed by atoms with Crippen LogP contribution in [0.25, 0.3) is 0 Å². The van der Waals surface area contributed by atoms with Gasteiger partial charge in [-0.2, -0.15) is 0 Å². The molecule has 1 heterocycles. The van der Waals surface area contributed by atoms with Crippen molar-refractivity contribution in [2.75, 3.05) is 5.32 Å². The zero-order valence-electron chi connectivity index (χ0n) is 14.9. The Balaban J connectivity index is 1.65. The van der Waals surface area contributed by atoms with E-state index in [1.54, 1.807) is 6.20 Å². The quantitative estimate of drug-likeness (QED) is 0.741. The lowest BCUT2D eigenvalue weighted by Gasteiger charge is -2.09. The highest BCUT2D eigenvalue weighted by Crippen LogP contribution is 2.18. The van der Waals surface area contributed by atoms with Crippen LogP contribution >= 0.6 is 0 Å². The van der Waals surface area contributed by atoms with E-state index in [9.17, 15) is 4.79 Å². The molecule has 1 N–H and O–H groups in total. The number of amides is 1. The summed E-state index contributed by atoms with van der Waals surface area (Å²) in [5, 5.41) is 2.94. The molecule has 4 heteroatoms. The molecule has 4 nitrogen and oxygen atoms in total. The Labute approximate surface area is 148 Å². The Morgan fingerprint density at radius 1 is 1.08 bits per heavy atom. The Hall–Kier alpha value is -2.88. The van der Waals surface area contributed by atoms with Gasteiger partial charge < -0.3 is 9.88 Å². The average Bonchev–Trinajstić information content (AvgIpc) is 3.01. The molecular formula is C21H23N3O. The summed E-state index contributed by atoms with van der Waals surface area (Å²) in [5.41, 5.74) is 3.86. The second kappa shape index (κ2) is 7.34. The van der Waals surface area contributed by atoms with Gasteiger partial charge >= 0.3 is 0 Å². The molecule has 0 spiro atoms. The van der Waals surface area contributed by atoms with Gasteiger partial charge in [0.15, 0.2) is 0 Å². The number of aromatic nitrogens is 2. The third-order valence-corrected chi connectivity index (χ3v) is 4.33. The maximum Gasteiger partial charge on any atom is 0.255 e. The van der Waals surface area contributed by atoms with Crippen molar-refractivity contribution < 1.29 is 4.79 Å². The van der Waals surface area contributed by atoms with Crippen LogP contribution in [-0.4, -0.2) is 15.5 Å². The van der Waals surface area contributed by atoms with Crippen molar-refractivity contribution in [1.82, 2.24) is 9.55 Å². The summed E-state index contributed by atoms with van der Waals surface area (Å²) < 4.78 is 2.07. The largest absolute Gasteiger partial charge is 0.331 e. The van der Waals surface area contributed by atoms with Crippen molar-refractivity contribution in [2.24, 2.45) is 0 Å². The van der Waals surface area contributed by atoms with Gasteiger partial charge in [-0.25, -0.2) is 4.98 Å².